The zero-order valence-electron chi connectivity index (χ0n) is 13.1. The molecule has 3 rings (SSSR count). The first-order valence-corrected chi connectivity index (χ1v) is 7.80. The van der Waals surface area contributed by atoms with Gasteiger partial charge in [-0.25, -0.2) is 4.98 Å². The summed E-state index contributed by atoms with van der Waals surface area (Å²) in [6, 6.07) is 7.92. The largest absolute Gasteiger partial charge is 0.373 e. The average Bonchev–Trinajstić information content (AvgIpc) is 3.10. The number of pyridine rings is 2. The summed E-state index contributed by atoms with van der Waals surface area (Å²) < 4.78 is 0. The number of likely N-dealkylation sites (tertiary alicyclic amines) is 1. The summed E-state index contributed by atoms with van der Waals surface area (Å²) in [6.07, 6.45) is 10.7. The minimum absolute atomic E-state index is 0.0409. The summed E-state index contributed by atoms with van der Waals surface area (Å²) in [5.74, 6) is 0.867. The Morgan fingerprint density at radius 2 is 2.30 bits per heavy atom. The maximum Gasteiger partial charge on any atom is 0.247 e. The quantitative estimate of drug-likeness (QED) is 0.882. The third kappa shape index (κ3) is 3.56. The highest BCUT2D eigenvalue weighted by Crippen LogP contribution is 2.32. The van der Waals surface area contributed by atoms with Crippen molar-refractivity contribution >= 4 is 17.8 Å². The molecule has 23 heavy (non-hydrogen) atoms. The van der Waals surface area contributed by atoms with Gasteiger partial charge in [0.25, 0.3) is 0 Å². The molecule has 1 atom stereocenters. The van der Waals surface area contributed by atoms with Crippen LogP contribution >= 0.6 is 0 Å². The van der Waals surface area contributed by atoms with Crippen LogP contribution < -0.4 is 5.32 Å². The first-order valence-electron chi connectivity index (χ1n) is 7.80. The summed E-state index contributed by atoms with van der Waals surface area (Å²) in [6.45, 7) is 0.790. The SMILES string of the molecule is CNc1cc(C2CCCN2C(=O)/C=C/c2cccnc2)ccn1. The third-order valence-corrected chi connectivity index (χ3v) is 4.06. The predicted octanol–water partition coefficient (Wildman–Crippen LogP) is 2.90. The topological polar surface area (TPSA) is 58.1 Å². The van der Waals surface area contributed by atoms with Crippen LogP contribution in [0.25, 0.3) is 6.08 Å². The second-order valence-corrected chi connectivity index (χ2v) is 5.53. The zero-order valence-corrected chi connectivity index (χ0v) is 13.1. The first kappa shape index (κ1) is 15.2. The fourth-order valence-electron chi connectivity index (χ4n) is 2.91. The van der Waals surface area contributed by atoms with Gasteiger partial charge in [0.05, 0.1) is 6.04 Å². The maximum atomic E-state index is 12.5. The highest BCUT2D eigenvalue weighted by molar-refractivity contribution is 5.92. The van der Waals surface area contributed by atoms with Crippen molar-refractivity contribution in [2.24, 2.45) is 0 Å². The summed E-state index contributed by atoms with van der Waals surface area (Å²) in [4.78, 5) is 22.8. The van der Waals surface area contributed by atoms with Crippen LogP contribution in [-0.4, -0.2) is 34.4 Å². The zero-order chi connectivity index (χ0) is 16.1. The Morgan fingerprint density at radius 3 is 3.09 bits per heavy atom. The molecule has 1 amide bonds. The van der Waals surface area contributed by atoms with Gasteiger partial charge in [-0.3, -0.25) is 9.78 Å². The van der Waals surface area contributed by atoms with Gasteiger partial charge in [0.2, 0.25) is 5.91 Å². The number of rotatable bonds is 4. The number of nitrogens with one attached hydrogen (secondary N) is 1. The van der Waals surface area contributed by atoms with Gasteiger partial charge in [0.15, 0.2) is 0 Å². The Morgan fingerprint density at radius 1 is 1.39 bits per heavy atom. The molecule has 1 fully saturated rings. The molecule has 3 heterocycles. The lowest BCUT2D eigenvalue weighted by Gasteiger charge is -2.24. The molecule has 2 aromatic rings. The van der Waals surface area contributed by atoms with Crippen molar-refractivity contribution < 1.29 is 4.79 Å². The van der Waals surface area contributed by atoms with Crippen molar-refractivity contribution in [1.82, 2.24) is 14.9 Å². The fourth-order valence-corrected chi connectivity index (χ4v) is 2.91. The number of amides is 1. The summed E-state index contributed by atoms with van der Waals surface area (Å²) in [5, 5.41) is 3.05. The molecule has 0 radical (unpaired) electrons. The second kappa shape index (κ2) is 7.05. The number of hydrogen-bond donors (Lipinski definition) is 1. The molecule has 0 bridgehead atoms. The van der Waals surface area contributed by atoms with E-state index in [-0.39, 0.29) is 11.9 Å². The lowest BCUT2D eigenvalue weighted by Crippen LogP contribution is -2.28. The van der Waals surface area contributed by atoms with Crippen LogP contribution in [0.15, 0.2) is 48.9 Å². The van der Waals surface area contributed by atoms with Crippen molar-refractivity contribution in [2.75, 3.05) is 18.9 Å². The minimum atomic E-state index is 0.0409. The van der Waals surface area contributed by atoms with Gasteiger partial charge in [-0.05, 0) is 48.2 Å². The van der Waals surface area contributed by atoms with Gasteiger partial charge < -0.3 is 10.2 Å². The average molecular weight is 308 g/mol. The van der Waals surface area contributed by atoms with Crippen LogP contribution in [0, 0.1) is 0 Å². The molecule has 5 nitrogen and oxygen atoms in total. The van der Waals surface area contributed by atoms with E-state index in [9.17, 15) is 4.79 Å². The Labute approximate surface area is 136 Å². The van der Waals surface area contributed by atoms with E-state index in [1.807, 2.05) is 42.3 Å². The van der Waals surface area contributed by atoms with E-state index in [0.717, 1.165) is 36.3 Å². The molecule has 1 aliphatic rings. The van der Waals surface area contributed by atoms with Crippen LogP contribution in [0.1, 0.15) is 30.0 Å². The van der Waals surface area contributed by atoms with E-state index >= 15 is 0 Å². The molecule has 0 aliphatic carbocycles. The monoisotopic (exact) mass is 308 g/mol. The molecule has 1 saturated heterocycles. The van der Waals surface area contributed by atoms with E-state index in [2.05, 4.69) is 15.3 Å². The van der Waals surface area contributed by atoms with Crippen LogP contribution in [0.5, 0.6) is 0 Å². The van der Waals surface area contributed by atoms with Gasteiger partial charge in [0, 0.05) is 38.3 Å². The molecule has 1 unspecified atom stereocenters. The molecule has 118 valence electrons. The number of carbonyl (C=O) groups is 1. The smallest absolute Gasteiger partial charge is 0.247 e. The lowest BCUT2D eigenvalue weighted by atomic mass is 10.1. The number of anilines is 1. The second-order valence-electron chi connectivity index (χ2n) is 5.53. The molecule has 1 N–H and O–H groups in total. The van der Waals surface area contributed by atoms with Crippen LogP contribution in [0.4, 0.5) is 5.82 Å². The summed E-state index contributed by atoms with van der Waals surface area (Å²) in [5.41, 5.74) is 2.06. The molecular weight excluding hydrogens is 288 g/mol. The molecular formula is C18H20N4O. The van der Waals surface area contributed by atoms with E-state index in [1.54, 1.807) is 24.7 Å². The van der Waals surface area contributed by atoms with Gasteiger partial charge in [-0.2, -0.15) is 0 Å². The number of hydrogen-bond acceptors (Lipinski definition) is 4. The summed E-state index contributed by atoms with van der Waals surface area (Å²) >= 11 is 0. The maximum absolute atomic E-state index is 12.5. The first-order chi connectivity index (χ1) is 11.3. The number of aromatic nitrogens is 2. The lowest BCUT2D eigenvalue weighted by molar-refractivity contribution is -0.126. The predicted molar refractivity (Wildman–Crippen MR) is 90.7 cm³/mol. The van der Waals surface area contributed by atoms with Crippen LogP contribution in [-0.2, 0) is 4.79 Å². The molecule has 0 spiro atoms. The van der Waals surface area contributed by atoms with Gasteiger partial charge in [0.1, 0.15) is 5.82 Å². The van der Waals surface area contributed by atoms with Crippen molar-refractivity contribution in [3.8, 4) is 0 Å². The van der Waals surface area contributed by atoms with E-state index < -0.39 is 0 Å². The van der Waals surface area contributed by atoms with Gasteiger partial charge in [-0.15, -0.1) is 0 Å². The normalized spacial score (nSPS) is 17.6. The van der Waals surface area contributed by atoms with E-state index in [0.29, 0.717) is 0 Å². The molecule has 0 saturated carbocycles. The Hall–Kier alpha value is -2.69. The van der Waals surface area contributed by atoms with Crippen molar-refractivity contribution in [3.63, 3.8) is 0 Å². The summed E-state index contributed by atoms with van der Waals surface area (Å²) in [7, 11) is 1.85. The van der Waals surface area contributed by atoms with Gasteiger partial charge >= 0.3 is 0 Å². The van der Waals surface area contributed by atoms with Crippen molar-refractivity contribution in [2.45, 2.75) is 18.9 Å². The number of carbonyl (C=O) groups excluding carboxylic acids is 1. The Kier molecular flexibility index (Phi) is 4.66. The van der Waals surface area contributed by atoms with Crippen LogP contribution in [0.3, 0.4) is 0 Å². The highest BCUT2D eigenvalue weighted by atomic mass is 16.2. The van der Waals surface area contributed by atoms with Crippen molar-refractivity contribution in [3.05, 3.63) is 60.1 Å². The van der Waals surface area contributed by atoms with Gasteiger partial charge in [-0.1, -0.05) is 6.07 Å². The highest BCUT2D eigenvalue weighted by Gasteiger charge is 2.28. The van der Waals surface area contributed by atoms with Crippen LogP contribution in [0.2, 0.25) is 0 Å². The Balaban J connectivity index is 1.75. The number of nitrogens with zero attached hydrogens (tertiary/aromatic N) is 3. The Bertz CT molecular complexity index is 699. The van der Waals surface area contributed by atoms with E-state index in [4.69, 9.17) is 0 Å². The van der Waals surface area contributed by atoms with E-state index in [1.165, 1.54) is 0 Å². The molecule has 0 aromatic carbocycles. The molecule has 1 aliphatic heterocycles. The third-order valence-electron chi connectivity index (χ3n) is 4.06. The molecule has 2 aromatic heterocycles. The van der Waals surface area contributed by atoms with Crippen molar-refractivity contribution in [1.29, 1.82) is 0 Å². The minimum Gasteiger partial charge on any atom is -0.373 e. The molecule has 5 heteroatoms. The standard InChI is InChI=1S/C18H20N4O/c1-19-17-12-15(8-10-21-17)16-5-3-11-22(16)18(23)7-6-14-4-2-9-20-13-14/h2,4,6-10,12-13,16H,3,5,11H2,1H3,(H,19,21)/b7-6+. The fraction of sp³-hybridized carbons (Fsp3) is 0.278.